The topological polar surface area (TPSA) is 74.7 Å². The van der Waals surface area contributed by atoms with Gasteiger partial charge in [-0.2, -0.15) is 0 Å². The van der Waals surface area contributed by atoms with Crippen LogP contribution in [-0.2, 0) is 14.4 Å². The lowest BCUT2D eigenvalue weighted by atomic mass is 9.97. The number of Topliss-reactive ketones (excluding diaryl/α,β-unsaturated/α-hetero) is 1. The molecule has 1 saturated heterocycles. The van der Waals surface area contributed by atoms with Gasteiger partial charge >= 0.3 is 5.97 Å². The fourth-order valence-corrected chi connectivity index (χ4v) is 2.35. The summed E-state index contributed by atoms with van der Waals surface area (Å²) in [7, 11) is 0. The Balaban J connectivity index is 2.74. The van der Waals surface area contributed by atoms with E-state index in [9.17, 15) is 14.4 Å². The molecule has 1 amide bonds. The van der Waals surface area contributed by atoms with Crippen molar-refractivity contribution < 1.29 is 19.5 Å². The number of amides is 1. The number of carboxylic acid groups (broad SMARTS) is 1. The zero-order valence-electron chi connectivity index (χ0n) is 11.0. The number of hydrogen-bond acceptors (Lipinski definition) is 3. The van der Waals surface area contributed by atoms with Crippen LogP contribution in [-0.4, -0.2) is 40.3 Å². The van der Waals surface area contributed by atoms with Crippen molar-refractivity contribution in [3.63, 3.8) is 0 Å². The van der Waals surface area contributed by atoms with E-state index in [4.69, 9.17) is 5.11 Å². The van der Waals surface area contributed by atoms with Gasteiger partial charge in [0.05, 0.1) is 0 Å². The van der Waals surface area contributed by atoms with E-state index in [0.29, 0.717) is 19.4 Å². The van der Waals surface area contributed by atoms with E-state index in [1.807, 2.05) is 6.92 Å². The third-order valence-corrected chi connectivity index (χ3v) is 3.43. The van der Waals surface area contributed by atoms with E-state index in [0.717, 1.165) is 19.3 Å². The Kier molecular flexibility index (Phi) is 5.31. The van der Waals surface area contributed by atoms with E-state index in [-0.39, 0.29) is 5.92 Å². The molecule has 5 heteroatoms. The Morgan fingerprint density at radius 2 is 2.00 bits per heavy atom. The van der Waals surface area contributed by atoms with Crippen LogP contribution < -0.4 is 0 Å². The van der Waals surface area contributed by atoms with Crippen molar-refractivity contribution in [2.24, 2.45) is 5.92 Å². The molecule has 0 spiro atoms. The van der Waals surface area contributed by atoms with Crippen molar-refractivity contribution in [3.05, 3.63) is 0 Å². The van der Waals surface area contributed by atoms with Crippen LogP contribution in [0.4, 0.5) is 0 Å². The first-order chi connectivity index (χ1) is 8.49. The van der Waals surface area contributed by atoms with Crippen molar-refractivity contribution in [1.82, 2.24) is 4.90 Å². The lowest BCUT2D eigenvalue weighted by Crippen LogP contribution is -2.51. The average molecular weight is 255 g/mol. The van der Waals surface area contributed by atoms with Crippen LogP contribution in [0.15, 0.2) is 0 Å². The average Bonchev–Trinajstić information content (AvgIpc) is 2.37. The number of carbonyl (C=O) groups excluding carboxylic acids is 2. The molecular weight excluding hydrogens is 234 g/mol. The highest BCUT2D eigenvalue weighted by Crippen LogP contribution is 2.19. The van der Waals surface area contributed by atoms with Crippen molar-refractivity contribution in [3.8, 4) is 0 Å². The van der Waals surface area contributed by atoms with Gasteiger partial charge in [-0.05, 0) is 25.7 Å². The Morgan fingerprint density at radius 1 is 1.33 bits per heavy atom. The molecule has 1 aliphatic heterocycles. The molecule has 0 aromatic carbocycles. The predicted octanol–water partition coefficient (Wildman–Crippen LogP) is 1.46. The molecule has 18 heavy (non-hydrogen) atoms. The summed E-state index contributed by atoms with van der Waals surface area (Å²) in [5.74, 6) is -2.41. The standard InChI is InChI=1S/C13H21NO4/c1-3-6-9(2)11(15)12(16)14-8-5-4-7-10(14)13(17)18/h9-10H,3-8H2,1-2H3,(H,17,18). The van der Waals surface area contributed by atoms with Crippen molar-refractivity contribution in [2.75, 3.05) is 6.54 Å². The highest BCUT2D eigenvalue weighted by atomic mass is 16.4. The summed E-state index contributed by atoms with van der Waals surface area (Å²) in [5.41, 5.74) is 0. The van der Waals surface area contributed by atoms with Gasteiger partial charge in [0.25, 0.3) is 5.91 Å². The van der Waals surface area contributed by atoms with Gasteiger partial charge in [0.15, 0.2) is 0 Å². The van der Waals surface area contributed by atoms with Gasteiger partial charge in [0, 0.05) is 12.5 Å². The molecule has 2 unspecified atom stereocenters. The molecule has 1 fully saturated rings. The van der Waals surface area contributed by atoms with E-state index < -0.39 is 23.7 Å². The van der Waals surface area contributed by atoms with Crippen molar-refractivity contribution in [1.29, 1.82) is 0 Å². The lowest BCUT2D eigenvalue weighted by Gasteiger charge is -2.32. The quantitative estimate of drug-likeness (QED) is 0.755. The third kappa shape index (κ3) is 3.31. The maximum Gasteiger partial charge on any atom is 0.326 e. The van der Waals surface area contributed by atoms with Crippen molar-refractivity contribution in [2.45, 2.75) is 52.0 Å². The lowest BCUT2D eigenvalue weighted by molar-refractivity contribution is -0.156. The Hall–Kier alpha value is -1.39. The summed E-state index contributed by atoms with van der Waals surface area (Å²) in [4.78, 5) is 36.3. The zero-order chi connectivity index (χ0) is 13.7. The Labute approximate surface area is 107 Å². The van der Waals surface area contributed by atoms with Crippen LogP contribution in [0.1, 0.15) is 46.0 Å². The Bertz CT molecular complexity index is 340. The van der Waals surface area contributed by atoms with Gasteiger partial charge in [0.1, 0.15) is 6.04 Å². The van der Waals surface area contributed by atoms with E-state index in [2.05, 4.69) is 0 Å². The molecule has 1 heterocycles. The van der Waals surface area contributed by atoms with Gasteiger partial charge in [-0.15, -0.1) is 0 Å². The number of nitrogens with zero attached hydrogens (tertiary/aromatic N) is 1. The zero-order valence-corrected chi connectivity index (χ0v) is 11.0. The van der Waals surface area contributed by atoms with Gasteiger partial charge in [-0.3, -0.25) is 9.59 Å². The molecule has 0 aromatic heterocycles. The van der Waals surface area contributed by atoms with E-state index in [1.54, 1.807) is 6.92 Å². The number of aliphatic carboxylic acids is 1. The van der Waals surface area contributed by atoms with Gasteiger partial charge in [-0.1, -0.05) is 20.3 Å². The number of ketones is 1. The summed E-state index contributed by atoms with van der Waals surface area (Å²) < 4.78 is 0. The van der Waals surface area contributed by atoms with Crippen LogP contribution in [0.2, 0.25) is 0 Å². The fourth-order valence-electron chi connectivity index (χ4n) is 2.35. The van der Waals surface area contributed by atoms with Crippen molar-refractivity contribution >= 4 is 17.7 Å². The second-order valence-electron chi connectivity index (χ2n) is 4.90. The molecule has 0 radical (unpaired) electrons. The molecule has 1 aliphatic rings. The summed E-state index contributed by atoms with van der Waals surface area (Å²) >= 11 is 0. The highest BCUT2D eigenvalue weighted by Gasteiger charge is 2.36. The van der Waals surface area contributed by atoms with E-state index in [1.165, 1.54) is 4.90 Å². The monoisotopic (exact) mass is 255 g/mol. The number of likely N-dealkylation sites (tertiary alicyclic amines) is 1. The smallest absolute Gasteiger partial charge is 0.326 e. The maximum atomic E-state index is 12.0. The molecule has 5 nitrogen and oxygen atoms in total. The summed E-state index contributed by atoms with van der Waals surface area (Å²) in [6.07, 6.45) is 3.50. The fraction of sp³-hybridized carbons (Fsp3) is 0.769. The summed E-state index contributed by atoms with van der Waals surface area (Å²) in [5, 5.41) is 9.08. The van der Waals surface area contributed by atoms with Crippen LogP contribution in [0.3, 0.4) is 0 Å². The van der Waals surface area contributed by atoms with Crippen LogP contribution in [0, 0.1) is 5.92 Å². The minimum atomic E-state index is -1.01. The first-order valence-corrected chi connectivity index (χ1v) is 6.56. The number of carboxylic acids is 1. The Morgan fingerprint density at radius 3 is 2.56 bits per heavy atom. The normalized spacial score (nSPS) is 21.4. The first kappa shape index (κ1) is 14.7. The SMILES string of the molecule is CCCC(C)C(=O)C(=O)N1CCCCC1C(=O)O. The molecule has 0 bridgehead atoms. The van der Waals surface area contributed by atoms with Gasteiger partial charge in [0.2, 0.25) is 5.78 Å². The second-order valence-corrected chi connectivity index (χ2v) is 4.90. The van der Waals surface area contributed by atoms with Crippen LogP contribution in [0.5, 0.6) is 0 Å². The molecule has 102 valence electrons. The predicted molar refractivity (Wildman–Crippen MR) is 66.1 cm³/mol. The number of carbonyl (C=O) groups is 3. The maximum absolute atomic E-state index is 12.0. The highest BCUT2D eigenvalue weighted by molar-refractivity contribution is 6.37. The van der Waals surface area contributed by atoms with Crippen LogP contribution in [0.25, 0.3) is 0 Å². The minimum absolute atomic E-state index is 0.320. The van der Waals surface area contributed by atoms with E-state index >= 15 is 0 Å². The summed E-state index contributed by atoms with van der Waals surface area (Å²) in [6.45, 7) is 4.05. The molecule has 0 aliphatic carbocycles. The molecular formula is C13H21NO4. The van der Waals surface area contributed by atoms with Crippen LogP contribution >= 0.6 is 0 Å². The molecule has 1 rings (SSSR count). The number of rotatable bonds is 5. The molecule has 0 saturated carbocycles. The third-order valence-electron chi connectivity index (χ3n) is 3.43. The van der Waals surface area contributed by atoms with Gasteiger partial charge < -0.3 is 10.0 Å². The van der Waals surface area contributed by atoms with Gasteiger partial charge in [-0.25, -0.2) is 4.79 Å². The number of piperidine rings is 1. The largest absolute Gasteiger partial charge is 0.480 e. The molecule has 0 aromatic rings. The molecule has 2 atom stereocenters. The number of hydrogen-bond donors (Lipinski definition) is 1. The minimum Gasteiger partial charge on any atom is -0.480 e. The summed E-state index contributed by atoms with van der Waals surface area (Å²) in [6, 6.07) is -0.830. The first-order valence-electron chi connectivity index (χ1n) is 6.56. The second kappa shape index (κ2) is 6.52. The molecule has 1 N–H and O–H groups in total.